The van der Waals surface area contributed by atoms with Gasteiger partial charge in [0.15, 0.2) is 0 Å². The van der Waals surface area contributed by atoms with Crippen LogP contribution in [0.2, 0.25) is 0 Å². The molecule has 0 aliphatic heterocycles. The first kappa shape index (κ1) is 14.2. The summed E-state index contributed by atoms with van der Waals surface area (Å²) in [5.74, 6) is 0. The first-order valence-corrected chi connectivity index (χ1v) is 7.70. The smallest absolute Gasteiger partial charge is 0.345 e. The van der Waals surface area contributed by atoms with Crippen LogP contribution in [0.1, 0.15) is 0 Å². The van der Waals surface area contributed by atoms with Gasteiger partial charge in [-0.3, -0.25) is 0 Å². The number of H-pyrrole nitrogens is 2. The zero-order valence-electron chi connectivity index (χ0n) is 12.9. The van der Waals surface area contributed by atoms with Crippen molar-refractivity contribution in [3.05, 3.63) is 89.6 Å². The molecule has 0 aliphatic carbocycles. The van der Waals surface area contributed by atoms with Crippen LogP contribution in [0, 0.1) is 0 Å². The number of hydrogen-bond acceptors (Lipinski definition) is 2. The van der Waals surface area contributed by atoms with Crippen LogP contribution in [0.25, 0.3) is 32.6 Å². The Balaban J connectivity index is 0.000000123. The summed E-state index contributed by atoms with van der Waals surface area (Å²) in [4.78, 5) is 20.2. The number of benzene rings is 3. The maximum Gasteiger partial charge on any atom is 0.345 e. The standard InChI is InChI=1S/C12H9N.C8H6N2O/c1-2-4-11-9(3-1)5-6-10-7-8-13-12(10)11;11-8-9-5-6-3-1-2-4-7(6)10-8/h1-8,13H;1-5H,(H,9,10,11). The molecule has 0 saturated heterocycles. The van der Waals surface area contributed by atoms with Gasteiger partial charge in [-0.05, 0) is 17.5 Å². The second-order valence-electron chi connectivity index (χ2n) is 5.50. The lowest BCUT2D eigenvalue weighted by Crippen LogP contribution is -2.07. The van der Waals surface area contributed by atoms with Gasteiger partial charge < -0.3 is 9.97 Å². The van der Waals surface area contributed by atoms with Crippen molar-refractivity contribution >= 4 is 32.6 Å². The Kier molecular flexibility index (Phi) is 3.56. The van der Waals surface area contributed by atoms with Gasteiger partial charge in [-0.1, -0.05) is 54.6 Å². The van der Waals surface area contributed by atoms with Crippen molar-refractivity contribution in [3.8, 4) is 0 Å². The van der Waals surface area contributed by atoms with Crippen molar-refractivity contribution in [2.24, 2.45) is 0 Å². The minimum absolute atomic E-state index is 0.302. The lowest BCUT2D eigenvalue weighted by Gasteiger charge is -1.97. The van der Waals surface area contributed by atoms with Gasteiger partial charge >= 0.3 is 5.69 Å². The molecule has 0 fully saturated rings. The molecule has 4 nitrogen and oxygen atoms in total. The summed E-state index contributed by atoms with van der Waals surface area (Å²) in [5, 5.41) is 4.81. The number of aromatic nitrogens is 3. The summed E-state index contributed by atoms with van der Waals surface area (Å²) in [7, 11) is 0. The summed E-state index contributed by atoms with van der Waals surface area (Å²) in [6, 6.07) is 22.3. The number of aromatic amines is 2. The maximum absolute atomic E-state index is 10.7. The van der Waals surface area contributed by atoms with Crippen molar-refractivity contribution in [1.82, 2.24) is 15.0 Å². The van der Waals surface area contributed by atoms with Crippen LogP contribution in [0.5, 0.6) is 0 Å². The molecule has 5 rings (SSSR count). The van der Waals surface area contributed by atoms with Crippen LogP contribution in [0.4, 0.5) is 0 Å². The first-order chi connectivity index (χ1) is 11.8. The van der Waals surface area contributed by atoms with Crippen molar-refractivity contribution in [3.63, 3.8) is 0 Å². The Bertz CT molecular complexity index is 1190. The van der Waals surface area contributed by atoms with E-state index in [0.29, 0.717) is 0 Å². The minimum atomic E-state index is -0.302. The topological polar surface area (TPSA) is 61.5 Å². The van der Waals surface area contributed by atoms with Crippen molar-refractivity contribution in [1.29, 1.82) is 0 Å². The van der Waals surface area contributed by atoms with E-state index < -0.39 is 0 Å². The SMILES string of the molecule is O=c1ncc2ccccc2[nH]1.c1ccc2c(c1)ccc1cc[nH]c12. The normalized spacial score (nSPS) is 10.7. The largest absolute Gasteiger partial charge is 0.361 e. The van der Waals surface area contributed by atoms with Crippen molar-refractivity contribution in [2.75, 3.05) is 0 Å². The quantitative estimate of drug-likeness (QED) is 0.449. The lowest BCUT2D eigenvalue weighted by atomic mass is 10.1. The number of nitrogens with one attached hydrogen (secondary N) is 2. The number of hydrogen-bond donors (Lipinski definition) is 2. The molecule has 0 atom stereocenters. The Morgan fingerprint density at radius 3 is 2.42 bits per heavy atom. The third kappa shape index (κ3) is 2.65. The van der Waals surface area contributed by atoms with Gasteiger partial charge in [-0.15, -0.1) is 0 Å². The summed E-state index contributed by atoms with van der Waals surface area (Å²) in [5.41, 5.74) is 1.76. The summed E-state index contributed by atoms with van der Waals surface area (Å²) >= 11 is 0. The predicted molar refractivity (Wildman–Crippen MR) is 98.2 cm³/mol. The van der Waals surface area contributed by atoms with E-state index in [0.717, 1.165) is 10.9 Å². The van der Waals surface area contributed by atoms with Gasteiger partial charge in [-0.25, -0.2) is 9.78 Å². The third-order valence-corrected chi connectivity index (χ3v) is 3.98. The molecule has 0 saturated carbocycles. The summed E-state index contributed by atoms with van der Waals surface area (Å²) in [6.07, 6.45) is 3.55. The number of para-hydroxylation sites is 1. The summed E-state index contributed by atoms with van der Waals surface area (Å²) in [6.45, 7) is 0. The van der Waals surface area contributed by atoms with Crippen molar-refractivity contribution in [2.45, 2.75) is 0 Å². The van der Waals surface area contributed by atoms with Gasteiger partial charge in [0.1, 0.15) is 0 Å². The summed E-state index contributed by atoms with van der Waals surface area (Å²) < 4.78 is 0. The fourth-order valence-corrected chi connectivity index (χ4v) is 2.80. The fourth-order valence-electron chi connectivity index (χ4n) is 2.80. The minimum Gasteiger partial charge on any atom is -0.361 e. The number of rotatable bonds is 0. The molecule has 0 radical (unpaired) electrons. The second-order valence-corrected chi connectivity index (χ2v) is 5.50. The molecule has 116 valence electrons. The zero-order chi connectivity index (χ0) is 16.4. The number of fused-ring (bicyclic) bond motifs is 4. The van der Waals surface area contributed by atoms with E-state index >= 15 is 0 Å². The van der Waals surface area contributed by atoms with E-state index in [1.54, 1.807) is 6.20 Å². The van der Waals surface area contributed by atoms with Crippen LogP contribution in [-0.2, 0) is 0 Å². The maximum atomic E-state index is 10.7. The highest BCUT2D eigenvalue weighted by atomic mass is 16.1. The average molecular weight is 313 g/mol. The molecule has 0 amide bonds. The molecule has 5 aromatic rings. The van der Waals surface area contributed by atoms with Crippen LogP contribution in [0.3, 0.4) is 0 Å². The molecule has 24 heavy (non-hydrogen) atoms. The van der Waals surface area contributed by atoms with Crippen LogP contribution < -0.4 is 5.69 Å². The fraction of sp³-hybridized carbons (Fsp3) is 0. The van der Waals surface area contributed by atoms with E-state index in [4.69, 9.17) is 0 Å². The molecular weight excluding hydrogens is 298 g/mol. The first-order valence-electron chi connectivity index (χ1n) is 7.70. The monoisotopic (exact) mass is 313 g/mol. The predicted octanol–water partition coefficient (Wildman–Crippen LogP) is 4.24. The van der Waals surface area contributed by atoms with E-state index in [9.17, 15) is 4.79 Å². The highest BCUT2D eigenvalue weighted by Gasteiger charge is 1.98. The lowest BCUT2D eigenvalue weighted by molar-refractivity contribution is 1.12. The molecule has 2 N–H and O–H groups in total. The Morgan fingerprint density at radius 2 is 1.50 bits per heavy atom. The zero-order valence-corrected chi connectivity index (χ0v) is 12.9. The third-order valence-electron chi connectivity index (χ3n) is 3.98. The van der Waals surface area contributed by atoms with Crippen LogP contribution in [0.15, 0.2) is 83.9 Å². The van der Waals surface area contributed by atoms with Gasteiger partial charge in [0, 0.05) is 28.6 Å². The van der Waals surface area contributed by atoms with Crippen molar-refractivity contribution < 1.29 is 0 Å². The van der Waals surface area contributed by atoms with Crippen LogP contribution >= 0.6 is 0 Å². The molecule has 4 heteroatoms. The van der Waals surface area contributed by atoms with E-state index in [-0.39, 0.29) is 5.69 Å². The molecule has 2 heterocycles. The highest BCUT2D eigenvalue weighted by molar-refractivity contribution is 6.05. The molecule has 0 aliphatic rings. The molecule has 2 aromatic heterocycles. The molecule has 0 spiro atoms. The molecule has 0 unspecified atom stereocenters. The van der Waals surface area contributed by atoms with E-state index in [1.165, 1.54) is 21.7 Å². The van der Waals surface area contributed by atoms with Gasteiger partial charge in [-0.2, -0.15) is 0 Å². The van der Waals surface area contributed by atoms with Gasteiger partial charge in [0.2, 0.25) is 0 Å². The van der Waals surface area contributed by atoms with Crippen LogP contribution in [-0.4, -0.2) is 15.0 Å². The average Bonchev–Trinajstić information content (AvgIpc) is 3.11. The van der Waals surface area contributed by atoms with E-state index in [1.807, 2.05) is 30.5 Å². The molecular formula is C20H15N3O. The Hall–Kier alpha value is -3.40. The van der Waals surface area contributed by atoms with E-state index in [2.05, 4.69) is 57.4 Å². The second kappa shape index (κ2) is 6.01. The molecule has 3 aromatic carbocycles. The molecule has 0 bridgehead atoms. The Morgan fingerprint density at radius 1 is 0.750 bits per heavy atom. The Labute approximate surface area is 137 Å². The highest BCUT2D eigenvalue weighted by Crippen LogP contribution is 2.23. The van der Waals surface area contributed by atoms with Gasteiger partial charge in [0.25, 0.3) is 0 Å². The number of nitrogens with zero attached hydrogens (tertiary/aromatic N) is 1. The van der Waals surface area contributed by atoms with Gasteiger partial charge in [0.05, 0.1) is 11.0 Å².